The lowest BCUT2D eigenvalue weighted by Crippen LogP contribution is -2.39. The van der Waals surface area contributed by atoms with Crippen LogP contribution in [0.1, 0.15) is 6.42 Å². The summed E-state index contributed by atoms with van der Waals surface area (Å²) in [5.74, 6) is 1.10. The van der Waals surface area contributed by atoms with Gasteiger partial charge in [0, 0.05) is 19.6 Å². The molecule has 0 aliphatic rings. The van der Waals surface area contributed by atoms with E-state index in [1.807, 2.05) is 11.8 Å². The van der Waals surface area contributed by atoms with Gasteiger partial charge in [0.05, 0.1) is 0 Å². The standard InChI is InChI=1S/C7H19NO2SSi/c1-9-12(3,10-2)7-11-6-4-5-8/h4-8H2,1-3H3. The minimum Gasteiger partial charge on any atom is -0.397 e. The zero-order chi connectivity index (χ0) is 9.45. The minimum atomic E-state index is -1.83. The zero-order valence-corrected chi connectivity index (χ0v) is 9.95. The average molecular weight is 209 g/mol. The van der Waals surface area contributed by atoms with E-state index < -0.39 is 8.56 Å². The topological polar surface area (TPSA) is 44.5 Å². The van der Waals surface area contributed by atoms with Gasteiger partial charge in [-0.1, -0.05) is 0 Å². The molecule has 0 amide bonds. The van der Waals surface area contributed by atoms with Crippen LogP contribution in [0.25, 0.3) is 0 Å². The first-order chi connectivity index (χ1) is 5.68. The van der Waals surface area contributed by atoms with Gasteiger partial charge in [0.25, 0.3) is 0 Å². The van der Waals surface area contributed by atoms with Crippen molar-refractivity contribution in [3.63, 3.8) is 0 Å². The monoisotopic (exact) mass is 209 g/mol. The predicted molar refractivity (Wildman–Crippen MR) is 56.6 cm³/mol. The molecule has 0 spiro atoms. The maximum Gasteiger partial charge on any atom is 0.344 e. The van der Waals surface area contributed by atoms with Crippen LogP contribution in [0.2, 0.25) is 6.55 Å². The van der Waals surface area contributed by atoms with Crippen molar-refractivity contribution in [2.24, 2.45) is 5.73 Å². The maximum absolute atomic E-state index is 5.38. The van der Waals surface area contributed by atoms with Crippen LogP contribution in [0.4, 0.5) is 0 Å². The van der Waals surface area contributed by atoms with Gasteiger partial charge in [0.2, 0.25) is 0 Å². The fourth-order valence-electron chi connectivity index (χ4n) is 0.644. The molecule has 0 aromatic carbocycles. The van der Waals surface area contributed by atoms with E-state index in [0.29, 0.717) is 0 Å². The van der Waals surface area contributed by atoms with E-state index in [4.69, 9.17) is 14.6 Å². The molecule has 0 aliphatic carbocycles. The number of hydrogen-bond acceptors (Lipinski definition) is 4. The highest BCUT2D eigenvalue weighted by Crippen LogP contribution is 2.13. The lowest BCUT2D eigenvalue weighted by atomic mass is 10.5. The highest BCUT2D eigenvalue weighted by atomic mass is 32.2. The summed E-state index contributed by atoms with van der Waals surface area (Å²) in [6.45, 7) is 2.84. The Morgan fingerprint density at radius 2 is 1.92 bits per heavy atom. The normalized spacial score (nSPS) is 12.0. The molecule has 0 rings (SSSR count). The van der Waals surface area contributed by atoms with Crippen LogP contribution in [-0.2, 0) is 8.85 Å². The third-order valence-electron chi connectivity index (χ3n) is 1.72. The largest absolute Gasteiger partial charge is 0.397 e. The summed E-state index contributed by atoms with van der Waals surface area (Å²) in [6.07, 6.45) is 1.07. The second kappa shape index (κ2) is 6.91. The van der Waals surface area contributed by atoms with E-state index in [1.54, 1.807) is 14.2 Å². The second-order valence-electron chi connectivity index (χ2n) is 2.74. The SMILES string of the molecule is CO[Si](C)(CSCCCN)OC. The van der Waals surface area contributed by atoms with Crippen LogP contribution in [0.5, 0.6) is 0 Å². The smallest absolute Gasteiger partial charge is 0.344 e. The van der Waals surface area contributed by atoms with Crippen LogP contribution < -0.4 is 5.73 Å². The Balaban J connectivity index is 3.45. The molecule has 74 valence electrons. The molecule has 0 radical (unpaired) electrons. The van der Waals surface area contributed by atoms with Gasteiger partial charge in [-0.3, -0.25) is 0 Å². The van der Waals surface area contributed by atoms with Crippen molar-refractivity contribution in [1.82, 2.24) is 0 Å². The summed E-state index contributed by atoms with van der Waals surface area (Å²) in [7, 11) is 1.62. The van der Waals surface area contributed by atoms with E-state index >= 15 is 0 Å². The summed E-state index contributed by atoms with van der Waals surface area (Å²) < 4.78 is 10.7. The fraction of sp³-hybridized carbons (Fsp3) is 1.00. The third kappa shape index (κ3) is 5.16. The van der Waals surface area contributed by atoms with Crippen molar-refractivity contribution in [2.45, 2.75) is 13.0 Å². The molecule has 3 nitrogen and oxygen atoms in total. The summed E-state index contributed by atoms with van der Waals surface area (Å²) in [5.41, 5.74) is 5.38. The van der Waals surface area contributed by atoms with E-state index in [0.717, 1.165) is 24.1 Å². The van der Waals surface area contributed by atoms with Crippen LogP contribution in [0.3, 0.4) is 0 Å². The number of hydrogen-bond donors (Lipinski definition) is 1. The van der Waals surface area contributed by atoms with Crippen LogP contribution in [0.15, 0.2) is 0 Å². The fourth-order valence-corrected chi connectivity index (χ4v) is 4.18. The Bertz CT molecular complexity index is 112. The molecule has 12 heavy (non-hydrogen) atoms. The van der Waals surface area contributed by atoms with Gasteiger partial charge in [-0.15, -0.1) is 0 Å². The first-order valence-corrected chi connectivity index (χ1v) is 7.74. The molecule has 0 aromatic rings. The molecule has 0 atom stereocenters. The molecule has 0 saturated heterocycles. The lowest BCUT2D eigenvalue weighted by molar-refractivity contribution is 0.257. The molecule has 0 unspecified atom stereocenters. The quantitative estimate of drug-likeness (QED) is 0.501. The van der Waals surface area contributed by atoms with Crippen LogP contribution >= 0.6 is 11.8 Å². The predicted octanol–water partition coefficient (Wildman–Crippen LogP) is 0.972. The van der Waals surface area contributed by atoms with Crippen LogP contribution in [0, 0.1) is 0 Å². The van der Waals surface area contributed by atoms with Crippen molar-refractivity contribution in [3.8, 4) is 0 Å². The van der Waals surface area contributed by atoms with E-state index in [2.05, 4.69) is 6.55 Å². The summed E-state index contributed by atoms with van der Waals surface area (Å²) in [4.78, 5) is 0. The summed E-state index contributed by atoms with van der Waals surface area (Å²) in [6, 6.07) is 0. The Kier molecular flexibility index (Phi) is 7.17. The van der Waals surface area contributed by atoms with Gasteiger partial charge in [-0.2, -0.15) is 11.8 Å². The minimum absolute atomic E-state index is 0.769. The highest BCUT2D eigenvalue weighted by Gasteiger charge is 2.28. The summed E-state index contributed by atoms with van der Waals surface area (Å²) >= 11 is 1.87. The molecular weight excluding hydrogens is 190 g/mol. The van der Waals surface area contributed by atoms with Crippen molar-refractivity contribution in [3.05, 3.63) is 0 Å². The Labute approximate surface area is 80.2 Å². The molecule has 0 saturated carbocycles. The van der Waals surface area contributed by atoms with Gasteiger partial charge in [0.15, 0.2) is 0 Å². The van der Waals surface area contributed by atoms with Gasteiger partial charge in [0.1, 0.15) is 0 Å². The van der Waals surface area contributed by atoms with Gasteiger partial charge < -0.3 is 14.6 Å². The van der Waals surface area contributed by atoms with Crippen molar-refractivity contribution >= 4 is 20.3 Å². The average Bonchev–Trinajstić information content (AvgIpc) is 2.12. The van der Waals surface area contributed by atoms with E-state index in [1.165, 1.54) is 0 Å². The van der Waals surface area contributed by atoms with Gasteiger partial charge in [-0.05, 0) is 25.3 Å². The Morgan fingerprint density at radius 1 is 1.33 bits per heavy atom. The Hall–Kier alpha value is 0.447. The Morgan fingerprint density at radius 3 is 2.33 bits per heavy atom. The van der Waals surface area contributed by atoms with E-state index in [9.17, 15) is 0 Å². The number of thioether (sulfide) groups is 1. The third-order valence-corrected chi connectivity index (χ3v) is 6.94. The highest BCUT2D eigenvalue weighted by molar-refractivity contribution is 8.00. The summed E-state index contributed by atoms with van der Waals surface area (Å²) in [5, 5.41) is 0.986. The molecular formula is C7H19NO2SSi. The first kappa shape index (κ1) is 12.4. The zero-order valence-electron chi connectivity index (χ0n) is 8.13. The van der Waals surface area contributed by atoms with Crippen molar-refractivity contribution in [1.29, 1.82) is 0 Å². The molecule has 0 heterocycles. The van der Waals surface area contributed by atoms with E-state index in [-0.39, 0.29) is 0 Å². The van der Waals surface area contributed by atoms with Crippen LogP contribution in [-0.4, -0.2) is 40.5 Å². The molecule has 0 bridgehead atoms. The molecule has 0 aliphatic heterocycles. The van der Waals surface area contributed by atoms with Crippen molar-refractivity contribution in [2.75, 3.05) is 31.9 Å². The molecule has 0 fully saturated rings. The molecule has 2 N–H and O–H groups in total. The first-order valence-electron chi connectivity index (χ1n) is 4.06. The van der Waals surface area contributed by atoms with Gasteiger partial charge in [-0.25, -0.2) is 0 Å². The lowest BCUT2D eigenvalue weighted by Gasteiger charge is -2.21. The molecule has 0 aromatic heterocycles. The molecule has 5 heteroatoms. The van der Waals surface area contributed by atoms with Gasteiger partial charge >= 0.3 is 8.56 Å². The number of rotatable bonds is 7. The maximum atomic E-state index is 5.38. The van der Waals surface area contributed by atoms with Crippen molar-refractivity contribution < 1.29 is 8.85 Å². The second-order valence-corrected chi connectivity index (χ2v) is 7.79. The number of nitrogens with two attached hydrogens (primary N) is 1.